The second kappa shape index (κ2) is 6.36. The van der Waals surface area contributed by atoms with Crippen molar-refractivity contribution in [2.24, 2.45) is 11.3 Å². The van der Waals surface area contributed by atoms with Gasteiger partial charge in [0.05, 0.1) is 12.1 Å². The van der Waals surface area contributed by atoms with Gasteiger partial charge in [-0.25, -0.2) is 0 Å². The van der Waals surface area contributed by atoms with Crippen molar-refractivity contribution in [3.63, 3.8) is 0 Å². The number of aliphatic hydroxyl groups is 1. The Bertz CT molecular complexity index is 245. The van der Waals surface area contributed by atoms with E-state index < -0.39 is 0 Å². The summed E-state index contributed by atoms with van der Waals surface area (Å²) in [7, 11) is 2.17. The van der Waals surface area contributed by atoms with Gasteiger partial charge in [-0.15, -0.1) is 0 Å². The topological polar surface area (TPSA) is 35.5 Å². The Hall–Kier alpha value is -0.120. The molecule has 2 N–H and O–H groups in total. The standard InChI is InChI=1S/C15H32N2O/c1-6-9-16-15(12-18,13-7-8-13)11-17(5)10-14(2,3)4/h13,16,18H,6-12H2,1-5H3. The molecular formula is C15H32N2O. The van der Waals surface area contributed by atoms with E-state index >= 15 is 0 Å². The molecule has 3 heteroatoms. The average Bonchev–Trinajstić information content (AvgIpc) is 3.05. The summed E-state index contributed by atoms with van der Waals surface area (Å²) < 4.78 is 0. The highest BCUT2D eigenvalue weighted by Gasteiger charge is 2.45. The van der Waals surface area contributed by atoms with Gasteiger partial charge in [-0.3, -0.25) is 0 Å². The van der Waals surface area contributed by atoms with Crippen LogP contribution in [0, 0.1) is 11.3 Å². The highest BCUT2D eigenvalue weighted by Crippen LogP contribution is 2.40. The van der Waals surface area contributed by atoms with Crippen LogP contribution in [0.2, 0.25) is 0 Å². The first-order chi connectivity index (χ1) is 8.33. The van der Waals surface area contributed by atoms with Crippen molar-refractivity contribution in [2.75, 3.05) is 33.3 Å². The summed E-state index contributed by atoms with van der Waals surface area (Å²) in [5.74, 6) is 0.663. The first-order valence-electron chi connectivity index (χ1n) is 7.37. The Morgan fingerprint density at radius 3 is 2.22 bits per heavy atom. The molecule has 0 aromatic rings. The summed E-state index contributed by atoms with van der Waals surface area (Å²) >= 11 is 0. The fourth-order valence-electron chi connectivity index (χ4n) is 2.92. The number of rotatable bonds is 8. The summed E-state index contributed by atoms with van der Waals surface area (Å²) in [5.41, 5.74) is 0.236. The molecule has 1 aliphatic carbocycles. The van der Waals surface area contributed by atoms with Crippen LogP contribution in [0.1, 0.15) is 47.0 Å². The third kappa shape index (κ3) is 4.87. The molecule has 1 rings (SSSR count). The minimum Gasteiger partial charge on any atom is -0.394 e. The van der Waals surface area contributed by atoms with Gasteiger partial charge >= 0.3 is 0 Å². The molecular weight excluding hydrogens is 224 g/mol. The minimum absolute atomic E-state index is 0.0734. The van der Waals surface area contributed by atoms with Gasteiger partial charge in [-0.05, 0) is 44.2 Å². The van der Waals surface area contributed by atoms with Crippen molar-refractivity contribution in [1.29, 1.82) is 0 Å². The predicted octanol–water partition coefficient (Wildman–Crippen LogP) is 2.10. The maximum atomic E-state index is 9.87. The van der Waals surface area contributed by atoms with Gasteiger partial charge in [0.15, 0.2) is 0 Å². The van der Waals surface area contributed by atoms with Crippen LogP contribution in [0.3, 0.4) is 0 Å². The van der Waals surface area contributed by atoms with Gasteiger partial charge in [0, 0.05) is 13.1 Å². The Morgan fingerprint density at radius 2 is 1.83 bits per heavy atom. The molecule has 0 amide bonds. The smallest absolute Gasteiger partial charge is 0.0628 e. The van der Waals surface area contributed by atoms with E-state index in [1.54, 1.807) is 0 Å². The van der Waals surface area contributed by atoms with Crippen LogP contribution in [0.25, 0.3) is 0 Å². The van der Waals surface area contributed by atoms with Crippen molar-refractivity contribution in [3.05, 3.63) is 0 Å². The average molecular weight is 256 g/mol. The summed E-state index contributed by atoms with van der Waals surface area (Å²) in [5, 5.41) is 13.5. The zero-order chi connectivity index (χ0) is 13.8. The predicted molar refractivity (Wildman–Crippen MR) is 77.8 cm³/mol. The fraction of sp³-hybridized carbons (Fsp3) is 1.00. The molecule has 0 bridgehead atoms. The SMILES string of the molecule is CCCNC(CO)(CN(C)CC(C)(C)C)C1CC1. The largest absolute Gasteiger partial charge is 0.394 e. The van der Waals surface area contributed by atoms with E-state index in [4.69, 9.17) is 0 Å². The number of likely N-dealkylation sites (N-methyl/N-ethyl adjacent to an activating group) is 1. The lowest BCUT2D eigenvalue weighted by Gasteiger charge is -2.39. The van der Waals surface area contributed by atoms with Crippen molar-refractivity contribution in [3.8, 4) is 0 Å². The van der Waals surface area contributed by atoms with Gasteiger partial charge in [0.2, 0.25) is 0 Å². The van der Waals surface area contributed by atoms with Crippen LogP contribution >= 0.6 is 0 Å². The van der Waals surface area contributed by atoms with Gasteiger partial charge < -0.3 is 15.3 Å². The third-order valence-electron chi connectivity index (χ3n) is 3.66. The van der Waals surface area contributed by atoms with Crippen LogP contribution in [0.4, 0.5) is 0 Å². The van der Waals surface area contributed by atoms with E-state index in [0.29, 0.717) is 11.3 Å². The molecule has 0 radical (unpaired) electrons. The molecule has 0 spiro atoms. The molecule has 1 aliphatic rings. The lowest BCUT2D eigenvalue weighted by Crippen LogP contribution is -2.58. The third-order valence-corrected chi connectivity index (χ3v) is 3.66. The number of aliphatic hydroxyl groups excluding tert-OH is 1. The summed E-state index contributed by atoms with van der Waals surface area (Å²) in [6.07, 6.45) is 3.65. The Balaban J connectivity index is 2.59. The van der Waals surface area contributed by atoms with Crippen molar-refractivity contribution in [2.45, 2.75) is 52.5 Å². The van der Waals surface area contributed by atoms with Gasteiger partial charge in [-0.1, -0.05) is 27.7 Å². The van der Waals surface area contributed by atoms with Crippen LogP contribution in [-0.2, 0) is 0 Å². The second-order valence-electron chi connectivity index (χ2n) is 7.25. The molecule has 0 aromatic carbocycles. The van der Waals surface area contributed by atoms with Crippen molar-refractivity contribution >= 4 is 0 Å². The molecule has 1 fully saturated rings. The van der Waals surface area contributed by atoms with Gasteiger partial charge in [0.1, 0.15) is 0 Å². The van der Waals surface area contributed by atoms with Crippen LogP contribution < -0.4 is 5.32 Å². The molecule has 1 unspecified atom stereocenters. The maximum absolute atomic E-state index is 9.87. The van der Waals surface area contributed by atoms with Crippen LogP contribution in [0.15, 0.2) is 0 Å². The lowest BCUT2D eigenvalue weighted by molar-refractivity contribution is 0.0875. The lowest BCUT2D eigenvalue weighted by atomic mass is 9.91. The quantitative estimate of drug-likeness (QED) is 0.698. The molecule has 1 atom stereocenters. The van der Waals surface area contributed by atoms with Crippen LogP contribution in [0.5, 0.6) is 0 Å². The molecule has 0 heterocycles. The maximum Gasteiger partial charge on any atom is 0.0628 e. The highest BCUT2D eigenvalue weighted by atomic mass is 16.3. The molecule has 1 saturated carbocycles. The molecule has 0 aliphatic heterocycles. The van der Waals surface area contributed by atoms with Gasteiger partial charge in [0.25, 0.3) is 0 Å². The van der Waals surface area contributed by atoms with E-state index in [0.717, 1.165) is 26.1 Å². The van der Waals surface area contributed by atoms with Crippen molar-refractivity contribution in [1.82, 2.24) is 10.2 Å². The van der Waals surface area contributed by atoms with Gasteiger partial charge in [-0.2, -0.15) is 0 Å². The molecule has 18 heavy (non-hydrogen) atoms. The molecule has 108 valence electrons. The molecule has 0 aromatic heterocycles. The Labute approximate surface area is 113 Å². The monoisotopic (exact) mass is 256 g/mol. The summed E-state index contributed by atoms with van der Waals surface area (Å²) in [6.45, 7) is 12.2. The number of hydrogen-bond acceptors (Lipinski definition) is 3. The van der Waals surface area contributed by atoms with E-state index in [1.165, 1.54) is 12.8 Å². The fourth-order valence-corrected chi connectivity index (χ4v) is 2.92. The number of nitrogens with zero attached hydrogens (tertiary/aromatic N) is 1. The number of hydrogen-bond donors (Lipinski definition) is 2. The Morgan fingerprint density at radius 1 is 1.22 bits per heavy atom. The van der Waals surface area contributed by atoms with E-state index in [9.17, 15) is 5.11 Å². The first-order valence-corrected chi connectivity index (χ1v) is 7.37. The number of nitrogens with one attached hydrogen (secondary N) is 1. The second-order valence-corrected chi connectivity index (χ2v) is 7.25. The zero-order valence-electron chi connectivity index (χ0n) is 12.9. The summed E-state index contributed by atoms with van der Waals surface area (Å²) in [4.78, 5) is 2.37. The van der Waals surface area contributed by atoms with E-state index in [-0.39, 0.29) is 12.1 Å². The highest BCUT2D eigenvalue weighted by molar-refractivity contribution is 5.02. The summed E-state index contributed by atoms with van der Waals surface area (Å²) in [6, 6.07) is 0. The van der Waals surface area contributed by atoms with E-state index in [2.05, 4.69) is 45.0 Å². The Kier molecular flexibility index (Phi) is 5.63. The van der Waals surface area contributed by atoms with Crippen molar-refractivity contribution < 1.29 is 5.11 Å². The first kappa shape index (κ1) is 15.9. The van der Waals surface area contributed by atoms with Crippen LogP contribution in [-0.4, -0.2) is 48.8 Å². The molecule has 3 nitrogen and oxygen atoms in total. The normalized spacial score (nSPS) is 20.2. The van der Waals surface area contributed by atoms with E-state index in [1.807, 2.05) is 0 Å². The zero-order valence-corrected chi connectivity index (χ0v) is 12.9. The minimum atomic E-state index is -0.0734. The molecule has 0 saturated heterocycles.